The van der Waals surface area contributed by atoms with Gasteiger partial charge in [0.25, 0.3) is 0 Å². The minimum Gasteiger partial charge on any atom is -0.348 e. The molecule has 2 atom stereocenters. The van der Waals surface area contributed by atoms with E-state index in [9.17, 15) is 0 Å². The fraction of sp³-hybridized carbons (Fsp3) is 0.694. The zero-order valence-corrected chi connectivity index (χ0v) is 25.7. The number of nitrogens with zero attached hydrogens (tertiary/aromatic N) is 1. The van der Waals surface area contributed by atoms with Crippen LogP contribution in [0.3, 0.4) is 0 Å². The molecular weight excluding hydrogens is 497 g/mol. The summed E-state index contributed by atoms with van der Waals surface area (Å²) >= 11 is 0. The Kier molecular flexibility index (Phi) is 15.8. The van der Waals surface area contributed by atoms with Crippen molar-refractivity contribution in [3.8, 4) is 11.3 Å². The van der Waals surface area contributed by atoms with Crippen molar-refractivity contribution in [3.63, 3.8) is 0 Å². The van der Waals surface area contributed by atoms with Crippen molar-refractivity contribution in [3.05, 3.63) is 53.7 Å². The largest absolute Gasteiger partial charge is 0.348 e. The second kappa shape index (κ2) is 19.4. The number of hydrogen-bond donors (Lipinski definition) is 0. The van der Waals surface area contributed by atoms with Crippen molar-refractivity contribution in [2.24, 2.45) is 5.92 Å². The van der Waals surface area contributed by atoms with E-state index in [4.69, 9.17) is 14.5 Å². The first-order valence-electron chi connectivity index (χ1n) is 16.6. The topological polar surface area (TPSA) is 31.4 Å². The zero-order valence-electron chi connectivity index (χ0n) is 25.7. The highest BCUT2D eigenvalue weighted by Gasteiger charge is 2.26. The predicted octanol–water partition coefficient (Wildman–Crippen LogP) is 11.1. The Morgan fingerprint density at radius 3 is 2.02 bits per heavy atom. The van der Waals surface area contributed by atoms with Gasteiger partial charge in [0.05, 0.1) is 18.9 Å². The van der Waals surface area contributed by atoms with Gasteiger partial charge in [-0.25, -0.2) is 4.39 Å². The van der Waals surface area contributed by atoms with E-state index >= 15 is 4.39 Å². The Hall–Kier alpha value is -1.78. The van der Waals surface area contributed by atoms with Crippen molar-refractivity contribution < 1.29 is 13.9 Å². The maximum absolute atomic E-state index is 15.1. The second-order valence-electron chi connectivity index (χ2n) is 11.9. The van der Waals surface area contributed by atoms with Gasteiger partial charge in [0.2, 0.25) is 0 Å². The molecule has 1 saturated heterocycles. The first-order valence-corrected chi connectivity index (χ1v) is 16.6. The van der Waals surface area contributed by atoms with Gasteiger partial charge in [-0.3, -0.25) is 4.98 Å². The molecule has 0 spiro atoms. The van der Waals surface area contributed by atoms with Crippen LogP contribution < -0.4 is 0 Å². The van der Waals surface area contributed by atoms with Gasteiger partial charge in [-0.15, -0.1) is 0 Å². The number of halogens is 1. The monoisotopic (exact) mass is 553 g/mol. The van der Waals surface area contributed by atoms with Gasteiger partial charge in [-0.05, 0) is 30.9 Å². The van der Waals surface area contributed by atoms with E-state index < -0.39 is 6.17 Å². The number of aromatic nitrogens is 1. The van der Waals surface area contributed by atoms with E-state index in [1.807, 2.05) is 31.3 Å². The molecule has 1 aliphatic rings. The van der Waals surface area contributed by atoms with Crippen LogP contribution in [0.5, 0.6) is 0 Å². The molecule has 1 aromatic heterocycles. The lowest BCUT2D eigenvalue weighted by Gasteiger charge is -2.29. The Morgan fingerprint density at radius 1 is 0.775 bits per heavy atom. The molecule has 0 saturated carbocycles. The molecule has 2 unspecified atom stereocenters. The van der Waals surface area contributed by atoms with Crippen LogP contribution >= 0.6 is 0 Å². The third-order valence-electron chi connectivity index (χ3n) is 8.57. The molecule has 0 radical (unpaired) electrons. The van der Waals surface area contributed by atoms with Crippen LogP contribution in [0.1, 0.15) is 147 Å². The summed E-state index contributed by atoms with van der Waals surface area (Å²) in [5, 5.41) is 0. The highest BCUT2D eigenvalue weighted by Crippen LogP contribution is 2.36. The summed E-state index contributed by atoms with van der Waals surface area (Å²) in [6.45, 7) is 7.92. The molecule has 0 N–H and O–H groups in total. The average Bonchev–Trinajstić information content (AvgIpc) is 3.00. The summed E-state index contributed by atoms with van der Waals surface area (Å²) in [4.78, 5) is 4.79. The van der Waals surface area contributed by atoms with Crippen molar-refractivity contribution in [1.82, 2.24) is 4.98 Å². The number of alkyl halides is 1. The Balaban J connectivity index is 1.45. The molecule has 0 amide bonds. The summed E-state index contributed by atoms with van der Waals surface area (Å²) < 4.78 is 27.3. The molecule has 0 aliphatic carbocycles. The SMILES string of the molecule is CCCCCCCCCCCC[C@H]1CO[C@H](c2ccc(-c3ccccc3C(CCCCC)C(F)CC)nc2)OC1. The van der Waals surface area contributed by atoms with E-state index in [0.717, 1.165) is 61.3 Å². The number of hydrogen-bond acceptors (Lipinski definition) is 3. The molecule has 0 bridgehead atoms. The van der Waals surface area contributed by atoms with Crippen LogP contribution in [0.15, 0.2) is 42.6 Å². The predicted molar refractivity (Wildman–Crippen MR) is 166 cm³/mol. The van der Waals surface area contributed by atoms with E-state index in [0.29, 0.717) is 12.3 Å². The molecule has 1 fully saturated rings. The lowest BCUT2D eigenvalue weighted by atomic mass is 9.84. The van der Waals surface area contributed by atoms with Crippen LogP contribution in [0.25, 0.3) is 11.3 Å². The van der Waals surface area contributed by atoms with Crippen molar-refractivity contribution >= 4 is 0 Å². The number of pyridine rings is 1. The highest BCUT2D eigenvalue weighted by molar-refractivity contribution is 5.64. The highest BCUT2D eigenvalue weighted by atomic mass is 19.1. The number of rotatable bonds is 20. The van der Waals surface area contributed by atoms with Gasteiger partial charge in [0.15, 0.2) is 6.29 Å². The minimum atomic E-state index is -0.838. The fourth-order valence-electron chi connectivity index (χ4n) is 6.01. The number of ether oxygens (including phenoxy) is 2. The molecule has 40 heavy (non-hydrogen) atoms. The number of benzene rings is 1. The summed E-state index contributed by atoms with van der Waals surface area (Å²) in [5.41, 5.74) is 3.95. The lowest BCUT2D eigenvalue weighted by molar-refractivity contribution is -0.206. The van der Waals surface area contributed by atoms with E-state index in [1.54, 1.807) is 0 Å². The first kappa shape index (κ1) is 32.7. The van der Waals surface area contributed by atoms with Gasteiger partial charge in [0.1, 0.15) is 6.17 Å². The van der Waals surface area contributed by atoms with E-state index in [-0.39, 0.29) is 12.2 Å². The molecule has 4 heteroatoms. The molecule has 1 aromatic carbocycles. The average molecular weight is 554 g/mol. The third kappa shape index (κ3) is 10.9. The molecular formula is C36H56FNO2. The summed E-state index contributed by atoms with van der Waals surface area (Å²) in [6, 6.07) is 12.3. The zero-order chi connectivity index (χ0) is 28.4. The van der Waals surface area contributed by atoms with E-state index in [2.05, 4.69) is 32.0 Å². The van der Waals surface area contributed by atoms with Gasteiger partial charge in [-0.2, -0.15) is 0 Å². The fourth-order valence-corrected chi connectivity index (χ4v) is 6.01. The Morgan fingerprint density at radius 2 is 1.40 bits per heavy atom. The molecule has 2 aromatic rings. The minimum absolute atomic E-state index is 0.0910. The second-order valence-corrected chi connectivity index (χ2v) is 11.9. The molecule has 224 valence electrons. The molecule has 3 rings (SSSR count). The smallest absolute Gasteiger partial charge is 0.185 e. The van der Waals surface area contributed by atoms with Crippen LogP contribution in [-0.4, -0.2) is 24.4 Å². The maximum atomic E-state index is 15.1. The van der Waals surface area contributed by atoms with Gasteiger partial charge in [0, 0.05) is 29.2 Å². The lowest BCUT2D eigenvalue weighted by Crippen LogP contribution is -2.27. The maximum Gasteiger partial charge on any atom is 0.185 e. The molecule has 1 aliphatic heterocycles. The van der Waals surface area contributed by atoms with Crippen LogP contribution in [0.4, 0.5) is 4.39 Å². The quantitative estimate of drug-likeness (QED) is 0.153. The summed E-state index contributed by atoms with van der Waals surface area (Å²) in [6.07, 6.45) is 20.3. The van der Waals surface area contributed by atoms with Crippen molar-refractivity contribution in [2.45, 2.75) is 142 Å². The third-order valence-corrected chi connectivity index (χ3v) is 8.57. The van der Waals surface area contributed by atoms with Crippen LogP contribution in [0.2, 0.25) is 0 Å². The van der Waals surface area contributed by atoms with Crippen molar-refractivity contribution in [2.75, 3.05) is 13.2 Å². The standard InChI is InChI=1S/C36H56FNO2/c1-4-7-9-10-11-12-13-14-15-17-20-29-27-39-36(40-28-29)30-24-25-35(38-26-30)33-23-19-18-21-31(33)32(34(37)6-3)22-16-8-5-2/h18-19,21,23-26,29,32,34,36H,4-17,20,22,27-28H2,1-3H3/t29-,32?,34?,36-. The molecule has 2 heterocycles. The first-order chi connectivity index (χ1) is 19.7. The van der Waals surface area contributed by atoms with Gasteiger partial charge in [-0.1, -0.05) is 135 Å². The number of unbranched alkanes of at least 4 members (excludes halogenated alkanes) is 11. The Labute approximate surface area is 244 Å². The van der Waals surface area contributed by atoms with Crippen LogP contribution in [0, 0.1) is 5.92 Å². The van der Waals surface area contributed by atoms with E-state index in [1.165, 1.54) is 70.6 Å². The normalized spacial score (nSPS) is 19.0. The molecule has 3 nitrogen and oxygen atoms in total. The van der Waals surface area contributed by atoms with Gasteiger partial charge < -0.3 is 9.47 Å². The van der Waals surface area contributed by atoms with Crippen LogP contribution in [-0.2, 0) is 9.47 Å². The van der Waals surface area contributed by atoms with Crippen molar-refractivity contribution in [1.29, 1.82) is 0 Å². The summed E-state index contributed by atoms with van der Waals surface area (Å²) in [7, 11) is 0. The summed E-state index contributed by atoms with van der Waals surface area (Å²) in [5.74, 6) is 0.396. The van der Waals surface area contributed by atoms with Gasteiger partial charge >= 0.3 is 0 Å². The Bertz CT molecular complexity index is 909.